The monoisotopic (exact) mass is 1020 g/mol. The molecule has 0 saturated heterocycles. The van der Waals surface area contributed by atoms with E-state index in [9.17, 15) is 5.11 Å². The summed E-state index contributed by atoms with van der Waals surface area (Å²) in [6.45, 7) is 29.6. The van der Waals surface area contributed by atoms with Crippen molar-refractivity contribution in [2.75, 3.05) is 0 Å². The number of aliphatic imine (C=N–C) groups is 1. The second-order valence-electron chi connectivity index (χ2n) is 21.7. The summed E-state index contributed by atoms with van der Waals surface area (Å²) < 4.78 is 6.73. The van der Waals surface area contributed by atoms with Gasteiger partial charge in [-0.1, -0.05) is 151 Å². The topological polar surface area (TPSA) is 58.6 Å². The quantitative estimate of drug-likeness (QED) is 0.0892. The van der Waals surface area contributed by atoms with Gasteiger partial charge >= 0.3 is 0 Å². The first kappa shape index (κ1) is 48.7. The van der Waals surface area contributed by atoms with Gasteiger partial charge in [0.05, 0.1) is 11.8 Å². The molecule has 0 spiro atoms. The summed E-state index contributed by atoms with van der Waals surface area (Å²) in [5, 5.41) is 17.8. The van der Waals surface area contributed by atoms with Crippen molar-refractivity contribution in [2.45, 2.75) is 183 Å². The molecule has 0 atom stereocenters. The Hall–Kier alpha value is -3.79. The molecule has 63 heavy (non-hydrogen) atoms. The molecule has 6 aromatic rings. The van der Waals surface area contributed by atoms with Crippen molar-refractivity contribution in [1.29, 1.82) is 0 Å². The molecule has 1 N–H and O–H groups in total. The molecule has 8 rings (SSSR count). The number of nitrogens with zero attached hydrogens (tertiary/aromatic N) is 2. The van der Waals surface area contributed by atoms with Gasteiger partial charge in [0.2, 0.25) is 0 Å². The summed E-state index contributed by atoms with van der Waals surface area (Å²) in [6, 6.07) is 26.3. The minimum Gasteiger partial charge on any atom is -0.512 e. The molecule has 1 radical (unpaired) electrons. The van der Waals surface area contributed by atoms with Crippen molar-refractivity contribution < 1.29 is 29.6 Å². The average Bonchev–Trinajstić information content (AvgIpc) is 3.63. The summed E-state index contributed by atoms with van der Waals surface area (Å²) in [5.41, 5.74) is 9.42. The van der Waals surface area contributed by atoms with E-state index in [1.807, 2.05) is 12.3 Å². The predicted molar refractivity (Wildman–Crippen MR) is 267 cm³/mol. The first-order valence-electron chi connectivity index (χ1n) is 24.0. The van der Waals surface area contributed by atoms with Gasteiger partial charge < -0.3 is 9.52 Å². The standard InChI is InChI=1S/C37H36NO.C21H39NO.Ir/c1-35(2,3)30-19-24(18-22-10-8-9-11-25(22)30)33-27-21-28-26-12-13-29-32(37(6,7)16-15-36(29,4)5)34(26)39-31(28)20-23(27)14-17-38-33;1-7-20(5,8-2)18(22-17-14-12-11-13-15-17)16-19(23)21(6,9-3)10-4;/h8-14,17,19-21H,15-16H2,1-7H3;16-17,23H,7-15H2,1-6H3;/q-1;;/b;19-16-,22-18?;. The number of furan rings is 1. The van der Waals surface area contributed by atoms with Crippen LogP contribution in [0.3, 0.4) is 0 Å². The van der Waals surface area contributed by atoms with Gasteiger partial charge in [0.25, 0.3) is 0 Å². The number of aliphatic hydroxyl groups is 1. The van der Waals surface area contributed by atoms with Gasteiger partial charge in [-0.15, -0.1) is 29.1 Å². The molecule has 1 fully saturated rings. The van der Waals surface area contributed by atoms with Crippen LogP contribution in [0.15, 0.2) is 88.1 Å². The molecule has 2 aromatic heterocycles. The van der Waals surface area contributed by atoms with Gasteiger partial charge in [0.1, 0.15) is 11.2 Å². The summed E-state index contributed by atoms with van der Waals surface area (Å²) in [4.78, 5) is 10.1. The van der Waals surface area contributed by atoms with Crippen LogP contribution in [0.5, 0.6) is 0 Å². The molecule has 2 aliphatic rings. The number of hydrogen-bond acceptors (Lipinski definition) is 4. The van der Waals surface area contributed by atoms with E-state index in [1.165, 1.54) is 66.0 Å². The number of rotatable bonds is 9. The summed E-state index contributed by atoms with van der Waals surface area (Å²) in [5.74, 6) is 0.519. The fourth-order valence-corrected chi connectivity index (χ4v) is 10.1. The van der Waals surface area contributed by atoms with Crippen molar-refractivity contribution in [3.8, 4) is 11.3 Å². The van der Waals surface area contributed by atoms with Crippen LogP contribution in [0.4, 0.5) is 0 Å². The van der Waals surface area contributed by atoms with Crippen LogP contribution in [0.1, 0.15) is 177 Å². The normalized spacial score (nSPS) is 17.4. The molecule has 2 heterocycles. The van der Waals surface area contributed by atoms with Gasteiger partial charge in [-0.3, -0.25) is 9.98 Å². The molecular formula is C58H75IrN2O2-. The molecular weight excluding hydrogens is 949 g/mol. The van der Waals surface area contributed by atoms with Crippen molar-refractivity contribution in [1.82, 2.24) is 4.98 Å². The Kier molecular flexibility index (Phi) is 14.4. The van der Waals surface area contributed by atoms with Crippen molar-refractivity contribution >= 4 is 49.2 Å². The summed E-state index contributed by atoms with van der Waals surface area (Å²) in [6.07, 6.45) is 16.7. The smallest absolute Gasteiger partial charge is 0.139 e. The zero-order chi connectivity index (χ0) is 44.8. The number of aromatic nitrogens is 1. The molecule has 339 valence electrons. The molecule has 5 heteroatoms. The number of benzene rings is 4. The minimum atomic E-state index is -0.129. The Morgan fingerprint density at radius 1 is 0.778 bits per heavy atom. The van der Waals surface area contributed by atoms with E-state index in [2.05, 4.69) is 157 Å². The minimum absolute atomic E-state index is 0. The van der Waals surface area contributed by atoms with E-state index in [0.717, 1.165) is 81.8 Å². The maximum Gasteiger partial charge on any atom is 0.139 e. The number of hydrogen-bond donors (Lipinski definition) is 1. The van der Waals surface area contributed by atoms with E-state index in [-0.39, 0.29) is 47.2 Å². The fraction of sp³-hybridized carbons (Fsp3) is 0.517. The van der Waals surface area contributed by atoms with Crippen LogP contribution < -0.4 is 0 Å². The van der Waals surface area contributed by atoms with E-state index in [4.69, 9.17) is 14.4 Å². The molecule has 0 bridgehead atoms. The first-order valence-corrected chi connectivity index (χ1v) is 24.0. The van der Waals surface area contributed by atoms with Crippen LogP contribution in [0.2, 0.25) is 0 Å². The Balaban J connectivity index is 0.000000238. The first-order chi connectivity index (χ1) is 29.3. The third-order valence-corrected chi connectivity index (χ3v) is 15.7. The third kappa shape index (κ3) is 9.49. The molecule has 2 aliphatic carbocycles. The van der Waals surface area contributed by atoms with Crippen molar-refractivity contribution in [3.05, 3.63) is 101 Å². The molecule has 0 amide bonds. The van der Waals surface area contributed by atoms with Gasteiger partial charge in [-0.05, 0) is 108 Å². The maximum atomic E-state index is 10.8. The molecule has 0 unspecified atom stereocenters. The zero-order valence-corrected chi connectivity index (χ0v) is 43.3. The number of allylic oxidation sites excluding steroid dienone is 2. The SMILES string of the molecule is CC(C)(C)c1cc(-c2nccc3cc4oc5c6c(ccc5c4cc23)C(C)(C)CCC6(C)C)[c-]c2ccccc12.CCC(C)(CC)C(/C=C(\O)C(C)(CC)CC)=NC1CCCCC1.[Ir]. The van der Waals surface area contributed by atoms with Crippen LogP contribution in [0, 0.1) is 16.9 Å². The van der Waals surface area contributed by atoms with Gasteiger partial charge in [-0.25, -0.2) is 0 Å². The number of fused-ring (bicyclic) bond motifs is 7. The fourth-order valence-electron chi connectivity index (χ4n) is 10.1. The third-order valence-electron chi connectivity index (χ3n) is 15.7. The summed E-state index contributed by atoms with van der Waals surface area (Å²) in [7, 11) is 0. The van der Waals surface area contributed by atoms with E-state index in [1.54, 1.807) is 0 Å². The van der Waals surface area contributed by atoms with Gasteiger partial charge in [0.15, 0.2) is 0 Å². The average molecular weight is 1020 g/mol. The second-order valence-corrected chi connectivity index (χ2v) is 21.7. The Morgan fingerprint density at radius 3 is 2.08 bits per heavy atom. The summed E-state index contributed by atoms with van der Waals surface area (Å²) >= 11 is 0. The van der Waals surface area contributed by atoms with Crippen LogP contribution in [0.25, 0.3) is 54.7 Å². The van der Waals surface area contributed by atoms with Crippen LogP contribution in [-0.4, -0.2) is 21.8 Å². The number of aliphatic hydroxyl groups excluding tert-OH is 1. The molecule has 1 saturated carbocycles. The maximum absolute atomic E-state index is 10.8. The van der Waals surface area contributed by atoms with Crippen molar-refractivity contribution in [3.63, 3.8) is 0 Å². The van der Waals surface area contributed by atoms with Gasteiger partial charge in [-0.2, -0.15) is 0 Å². The van der Waals surface area contributed by atoms with E-state index >= 15 is 0 Å². The molecule has 4 nitrogen and oxygen atoms in total. The Labute approximate surface area is 393 Å². The van der Waals surface area contributed by atoms with E-state index in [0.29, 0.717) is 11.8 Å². The number of pyridine rings is 1. The van der Waals surface area contributed by atoms with Gasteiger partial charge in [0, 0.05) is 64.9 Å². The second kappa shape index (κ2) is 18.6. The zero-order valence-electron chi connectivity index (χ0n) is 40.9. The molecule has 0 aliphatic heterocycles. The van der Waals surface area contributed by atoms with Crippen molar-refractivity contribution in [2.24, 2.45) is 15.8 Å². The van der Waals surface area contributed by atoms with E-state index < -0.39 is 0 Å². The largest absolute Gasteiger partial charge is 0.512 e. The predicted octanol–water partition coefficient (Wildman–Crippen LogP) is 17.3. The Bertz CT molecular complexity index is 2640. The van der Waals surface area contributed by atoms with Crippen LogP contribution >= 0.6 is 0 Å². The van der Waals surface area contributed by atoms with Crippen LogP contribution in [-0.2, 0) is 36.4 Å². The molecule has 4 aromatic carbocycles. The Morgan fingerprint density at radius 2 is 1.43 bits per heavy atom.